The van der Waals surface area contributed by atoms with E-state index >= 15 is 0 Å². The van der Waals surface area contributed by atoms with Gasteiger partial charge in [0.25, 0.3) is 5.91 Å². The quantitative estimate of drug-likeness (QED) is 0.729. The van der Waals surface area contributed by atoms with Crippen molar-refractivity contribution in [2.75, 3.05) is 6.54 Å². The molecule has 4 atom stereocenters. The van der Waals surface area contributed by atoms with Crippen LogP contribution >= 0.6 is 0 Å². The number of hydrogen-bond acceptors (Lipinski definition) is 3. The van der Waals surface area contributed by atoms with E-state index in [1.54, 1.807) is 13.8 Å². The first-order valence-corrected chi connectivity index (χ1v) is 9.21. The lowest BCUT2D eigenvalue weighted by Gasteiger charge is -2.28. The molecule has 0 radical (unpaired) electrons. The normalized spacial score (nSPS) is 32.1. The SMILES string of the molecule is C[C@@H](NC(=O)CCCN1C(=O)NC(C)(C)C1=O)[C@@H]1C[C@H]2CC[C@H]1C2. The third-order valence-electron chi connectivity index (χ3n) is 6.05. The van der Waals surface area contributed by atoms with E-state index in [1.165, 1.54) is 30.6 Å². The number of fused-ring (bicyclic) bond motifs is 2. The smallest absolute Gasteiger partial charge is 0.325 e. The maximum absolute atomic E-state index is 12.2. The van der Waals surface area contributed by atoms with Crippen LogP contribution in [-0.2, 0) is 9.59 Å². The number of urea groups is 1. The van der Waals surface area contributed by atoms with Gasteiger partial charge in [-0.3, -0.25) is 14.5 Å². The number of amides is 4. The topological polar surface area (TPSA) is 78.5 Å². The Balaban J connectivity index is 1.40. The Morgan fingerprint density at radius 2 is 2.08 bits per heavy atom. The Hall–Kier alpha value is -1.59. The zero-order valence-corrected chi connectivity index (χ0v) is 14.9. The molecule has 1 aliphatic heterocycles. The monoisotopic (exact) mass is 335 g/mol. The van der Waals surface area contributed by atoms with Gasteiger partial charge in [-0.05, 0) is 64.2 Å². The van der Waals surface area contributed by atoms with Crippen LogP contribution in [0.25, 0.3) is 0 Å². The largest absolute Gasteiger partial charge is 0.353 e. The first-order valence-electron chi connectivity index (χ1n) is 9.21. The van der Waals surface area contributed by atoms with Crippen molar-refractivity contribution in [2.45, 2.75) is 70.9 Å². The van der Waals surface area contributed by atoms with Gasteiger partial charge in [0.2, 0.25) is 5.91 Å². The van der Waals surface area contributed by atoms with E-state index in [0.717, 1.165) is 11.8 Å². The van der Waals surface area contributed by atoms with Crippen LogP contribution in [-0.4, -0.2) is 40.9 Å². The fraction of sp³-hybridized carbons (Fsp3) is 0.833. The minimum atomic E-state index is -0.838. The highest BCUT2D eigenvalue weighted by Crippen LogP contribution is 2.49. The van der Waals surface area contributed by atoms with Crippen molar-refractivity contribution < 1.29 is 14.4 Å². The predicted molar refractivity (Wildman–Crippen MR) is 90.1 cm³/mol. The highest BCUT2D eigenvalue weighted by molar-refractivity contribution is 6.06. The maximum Gasteiger partial charge on any atom is 0.325 e. The second-order valence-corrected chi connectivity index (χ2v) is 8.31. The lowest BCUT2D eigenvalue weighted by Crippen LogP contribution is -2.41. The predicted octanol–water partition coefficient (Wildman–Crippen LogP) is 2.04. The average Bonchev–Trinajstić information content (AvgIpc) is 3.17. The summed E-state index contributed by atoms with van der Waals surface area (Å²) in [5.74, 6) is 2.10. The van der Waals surface area contributed by atoms with Gasteiger partial charge in [-0.25, -0.2) is 4.79 Å². The van der Waals surface area contributed by atoms with Crippen LogP contribution in [0, 0.1) is 17.8 Å². The molecule has 6 heteroatoms. The van der Waals surface area contributed by atoms with Gasteiger partial charge in [0.15, 0.2) is 0 Å². The summed E-state index contributed by atoms with van der Waals surface area (Å²) in [4.78, 5) is 37.3. The Bertz CT molecular complexity index is 546. The first kappa shape index (κ1) is 17.2. The van der Waals surface area contributed by atoms with Gasteiger partial charge in [0, 0.05) is 19.0 Å². The Kier molecular flexibility index (Phi) is 4.58. The molecule has 3 fully saturated rings. The summed E-state index contributed by atoms with van der Waals surface area (Å²) in [6.07, 6.45) is 6.13. The minimum Gasteiger partial charge on any atom is -0.353 e. The molecule has 2 saturated carbocycles. The number of carbonyl (C=O) groups excluding carboxylic acids is 3. The molecule has 6 nitrogen and oxygen atoms in total. The molecule has 0 aromatic carbocycles. The first-order chi connectivity index (χ1) is 11.3. The molecule has 2 N–H and O–H groups in total. The standard InChI is InChI=1S/C18H29N3O3/c1-11(14-10-12-6-7-13(14)9-12)19-15(22)5-4-8-21-16(23)18(2,3)20-17(21)24/h11-14H,4-10H2,1-3H3,(H,19,22)(H,20,24)/t11-,12+,13+,14+/m1/s1. The van der Waals surface area contributed by atoms with Crippen molar-refractivity contribution in [1.82, 2.24) is 15.5 Å². The molecule has 0 aromatic heterocycles. The van der Waals surface area contributed by atoms with Crippen molar-refractivity contribution in [3.05, 3.63) is 0 Å². The summed E-state index contributed by atoms with van der Waals surface area (Å²) in [5, 5.41) is 5.78. The second-order valence-electron chi connectivity index (χ2n) is 8.31. The maximum atomic E-state index is 12.2. The molecule has 2 aliphatic carbocycles. The minimum absolute atomic E-state index is 0.0246. The third kappa shape index (κ3) is 3.28. The molecule has 0 spiro atoms. The number of hydrogen-bond donors (Lipinski definition) is 2. The van der Waals surface area contributed by atoms with Gasteiger partial charge in [-0.15, -0.1) is 0 Å². The van der Waals surface area contributed by atoms with Gasteiger partial charge in [-0.1, -0.05) is 6.42 Å². The van der Waals surface area contributed by atoms with Gasteiger partial charge in [0.05, 0.1) is 0 Å². The number of nitrogens with one attached hydrogen (secondary N) is 2. The molecule has 1 heterocycles. The van der Waals surface area contributed by atoms with E-state index in [4.69, 9.17) is 0 Å². The molecule has 0 aromatic rings. The van der Waals surface area contributed by atoms with Crippen LogP contribution in [0.5, 0.6) is 0 Å². The van der Waals surface area contributed by atoms with E-state index in [1.807, 2.05) is 0 Å². The van der Waals surface area contributed by atoms with Crippen LogP contribution in [0.4, 0.5) is 4.79 Å². The summed E-state index contributed by atoms with van der Waals surface area (Å²) in [5.41, 5.74) is -0.838. The van der Waals surface area contributed by atoms with Crippen LogP contribution in [0.3, 0.4) is 0 Å². The number of imide groups is 1. The Morgan fingerprint density at radius 3 is 2.62 bits per heavy atom. The molecule has 24 heavy (non-hydrogen) atoms. The number of rotatable bonds is 6. The second kappa shape index (κ2) is 6.37. The molecule has 0 unspecified atom stereocenters. The van der Waals surface area contributed by atoms with Gasteiger partial charge in [0.1, 0.15) is 5.54 Å². The molecule has 4 amide bonds. The molecule has 3 rings (SSSR count). The zero-order chi connectivity index (χ0) is 17.5. The van der Waals surface area contributed by atoms with Gasteiger partial charge in [-0.2, -0.15) is 0 Å². The van der Waals surface area contributed by atoms with E-state index in [-0.39, 0.29) is 23.9 Å². The summed E-state index contributed by atoms with van der Waals surface area (Å²) in [7, 11) is 0. The van der Waals surface area contributed by atoms with Gasteiger partial charge < -0.3 is 10.6 Å². The average molecular weight is 335 g/mol. The molecular formula is C18H29N3O3. The van der Waals surface area contributed by atoms with Crippen molar-refractivity contribution in [3.8, 4) is 0 Å². The Labute approximate surface area is 143 Å². The summed E-state index contributed by atoms with van der Waals surface area (Å²) >= 11 is 0. The molecular weight excluding hydrogens is 306 g/mol. The summed E-state index contributed by atoms with van der Waals surface area (Å²) < 4.78 is 0. The summed E-state index contributed by atoms with van der Waals surface area (Å²) in [6.45, 7) is 5.79. The van der Waals surface area contributed by atoms with E-state index in [2.05, 4.69) is 17.6 Å². The van der Waals surface area contributed by atoms with E-state index in [0.29, 0.717) is 25.3 Å². The van der Waals surface area contributed by atoms with Crippen molar-refractivity contribution >= 4 is 17.8 Å². The molecule has 3 aliphatic rings. The van der Waals surface area contributed by atoms with Crippen LogP contribution in [0.15, 0.2) is 0 Å². The number of carbonyl (C=O) groups is 3. The third-order valence-corrected chi connectivity index (χ3v) is 6.05. The Morgan fingerprint density at radius 1 is 1.33 bits per heavy atom. The van der Waals surface area contributed by atoms with Crippen LogP contribution in [0.2, 0.25) is 0 Å². The van der Waals surface area contributed by atoms with Crippen LogP contribution < -0.4 is 10.6 Å². The molecule has 1 saturated heterocycles. The highest BCUT2D eigenvalue weighted by Gasteiger charge is 2.44. The van der Waals surface area contributed by atoms with Gasteiger partial charge >= 0.3 is 6.03 Å². The van der Waals surface area contributed by atoms with E-state index in [9.17, 15) is 14.4 Å². The van der Waals surface area contributed by atoms with Crippen molar-refractivity contribution in [3.63, 3.8) is 0 Å². The fourth-order valence-electron chi connectivity index (χ4n) is 4.76. The highest BCUT2D eigenvalue weighted by atomic mass is 16.2. The lowest BCUT2D eigenvalue weighted by molar-refractivity contribution is -0.130. The lowest BCUT2D eigenvalue weighted by atomic mass is 9.84. The zero-order valence-electron chi connectivity index (χ0n) is 14.9. The summed E-state index contributed by atoms with van der Waals surface area (Å²) in [6, 6.07) is -0.135. The van der Waals surface area contributed by atoms with Crippen molar-refractivity contribution in [1.29, 1.82) is 0 Å². The molecule has 134 valence electrons. The molecule has 2 bridgehead atoms. The van der Waals surface area contributed by atoms with Crippen molar-refractivity contribution in [2.24, 2.45) is 17.8 Å². The van der Waals surface area contributed by atoms with E-state index < -0.39 is 5.54 Å². The number of nitrogens with zero attached hydrogens (tertiary/aromatic N) is 1. The van der Waals surface area contributed by atoms with Crippen LogP contribution in [0.1, 0.15) is 59.3 Å². The fourth-order valence-corrected chi connectivity index (χ4v) is 4.76.